The Hall–Kier alpha value is -3.37. The predicted molar refractivity (Wildman–Crippen MR) is 149 cm³/mol. The highest BCUT2D eigenvalue weighted by Gasteiger charge is 2.31. The molecule has 9 nitrogen and oxygen atoms in total. The minimum Gasteiger partial charge on any atom is -0.443 e. The Morgan fingerprint density at radius 2 is 1.85 bits per heavy atom. The van der Waals surface area contributed by atoms with E-state index in [2.05, 4.69) is 16.7 Å². The van der Waals surface area contributed by atoms with Crippen molar-refractivity contribution in [2.45, 2.75) is 77.6 Å². The quantitative estimate of drug-likeness (QED) is 0.408. The highest BCUT2D eigenvalue weighted by Crippen LogP contribution is 2.38. The second-order valence-corrected chi connectivity index (χ2v) is 13.0. The van der Waals surface area contributed by atoms with E-state index in [1.54, 1.807) is 26.8 Å². The molecule has 0 bridgehead atoms. The summed E-state index contributed by atoms with van der Waals surface area (Å²) in [6.07, 6.45) is 6.58. The van der Waals surface area contributed by atoms with Crippen molar-refractivity contribution in [2.75, 3.05) is 6.26 Å². The van der Waals surface area contributed by atoms with Gasteiger partial charge in [-0.05, 0) is 69.5 Å². The number of carbonyl (C=O) groups excluding carboxylic acids is 2. The second-order valence-electron chi connectivity index (χ2n) is 11.4. The zero-order valence-electron chi connectivity index (χ0n) is 22.8. The second kappa shape index (κ2) is 10.3. The number of ether oxygens (including phenoxy) is 1. The predicted octanol–water partition coefficient (Wildman–Crippen LogP) is 5.10. The van der Waals surface area contributed by atoms with Crippen molar-refractivity contribution in [1.29, 1.82) is 0 Å². The number of hydrogen-bond acceptors (Lipinski definition) is 7. The molecule has 2 aliphatic rings. The molecule has 0 unspecified atom stereocenters. The van der Waals surface area contributed by atoms with Crippen molar-refractivity contribution in [3.63, 3.8) is 0 Å². The summed E-state index contributed by atoms with van der Waals surface area (Å²) in [5.41, 5.74) is 2.71. The summed E-state index contributed by atoms with van der Waals surface area (Å²) >= 11 is 0. The molecule has 0 spiro atoms. The fourth-order valence-electron chi connectivity index (χ4n) is 5.42. The van der Waals surface area contributed by atoms with E-state index in [0.717, 1.165) is 23.8 Å². The molecule has 208 valence electrons. The van der Waals surface area contributed by atoms with Crippen LogP contribution in [-0.4, -0.2) is 42.9 Å². The van der Waals surface area contributed by atoms with Gasteiger partial charge in [0.25, 0.3) is 5.91 Å². The average Bonchev–Trinajstić information content (AvgIpc) is 3.43. The molecule has 1 aliphatic heterocycles. The van der Waals surface area contributed by atoms with Crippen molar-refractivity contribution in [3.8, 4) is 17.0 Å². The number of hydrogen-bond donors (Lipinski definition) is 2. The van der Waals surface area contributed by atoms with E-state index in [0.29, 0.717) is 28.4 Å². The number of amides is 1. The van der Waals surface area contributed by atoms with E-state index >= 15 is 0 Å². The molecule has 1 fully saturated rings. The number of benzene rings is 2. The summed E-state index contributed by atoms with van der Waals surface area (Å²) < 4.78 is 36.0. The number of rotatable bonds is 6. The Labute approximate surface area is 229 Å². The summed E-state index contributed by atoms with van der Waals surface area (Å²) in [6, 6.07) is 11.5. The van der Waals surface area contributed by atoms with Gasteiger partial charge in [0.05, 0.1) is 23.0 Å². The van der Waals surface area contributed by atoms with Crippen LogP contribution in [0.1, 0.15) is 74.4 Å². The van der Waals surface area contributed by atoms with Gasteiger partial charge in [-0.15, -0.1) is 0 Å². The molecule has 10 heteroatoms. The molecule has 5 rings (SSSR count). The van der Waals surface area contributed by atoms with Crippen LogP contribution >= 0.6 is 0 Å². The molecule has 1 saturated carbocycles. The SMILES string of the molecule is CC(C)(C)OC(=O)n1c(-c2ccc(OS(C)(=O)=O)c3c2C(=O)NC3)cc2cc(CNC3CCCCC3)ccc21. The van der Waals surface area contributed by atoms with Crippen molar-refractivity contribution in [2.24, 2.45) is 0 Å². The Morgan fingerprint density at radius 1 is 1.10 bits per heavy atom. The van der Waals surface area contributed by atoms with Gasteiger partial charge in [0.1, 0.15) is 11.4 Å². The third-order valence-corrected chi connectivity index (χ3v) is 7.56. The summed E-state index contributed by atoms with van der Waals surface area (Å²) in [5.74, 6) is -0.275. The first-order valence-electron chi connectivity index (χ1n) is 13.3. The molecule has 2 heterocycles. The number of carbonyl (C=O) groups is 2. The van der Waals surface area contributed by atoms with Crippen LogP contribution in [0.25, 0.3) is 22.2 Å². The molecule has 0 radical (unpaired) electrons. The highest BCUT2D eigenvalue weighted by molar-refractivity contribution is 7.86. The molecular weight excluding hydrogens is 518 g/mol. The van der Waals surface area contributed by atoms with Crippen LogP contribution in [-0.2, 0) is 27.9 Å². The molecule has 1 aliphatic carbocycles. The third kappa shape index (κ3) is 5.96. The topological polar surface area (TPSA) is 116 Å². The van der Waals surface area contributed by atoms with Crippen LogP contribution in [0.3, 0.4) is 0 Å². The molecule has 0 saturated heterocycles. The lowest BCUT2D eigenvalue weighted by atomic mass is 9.95. The van der Waals surface area contributed by atoms with E-state index in [9.17, 15) is 18.0 Å². The fourth-order valence-corrected chi connectivity index (χ4v) is 5.90. The first kappa shape index (κ1) is 27.2. The summed E-state index contributed by atoms with van der Waals surface area (Å²) in [4.78, 5) is 26.4. The van der Waals surface area contributed by atoms with E-state index in [-0.39, 0.29) is 23.8 Å². The van der Waals surface area contributed by atoms with Crippen molar-refractivity contribution in [1.82, 2.24) is 15.2 Å². The van der Waals surface area contributed by atoms with Crippen LogP contribution < -0.4 is 14.8 Å². The maximum absolute atomic E-state index is 13.5. The lowest BCUT2D eigenvalue weighted by Gasteiger charge is -2.23. The number of nitrogens with one attached hydrogen (secondary N) is 2. The maximum atomic E-state index is 13.5. The zero-order chi connectivity index (χ0) is 27.9. The largest absolute Gasteiger partial charge is 0.443 e. The number of aromatic nitrogens is 1. The Morgan fingerprint density at radius 3 is 2.54 bits per heavy atom. The molecule has 2 aromatic carbocycles. The smallest absolute Gasteiger partial charge is 0.419 e. The highest BCUT2D eigenvalue weighted by atomic mass is 32.2. The minimum absolute atomic E-state index is 0.0885. The van der Waals surface area contributed by atoms with E-state index in [1.807, 2.05) is 18.2 Å². The number of nitrogens with zero attached hydrogens (tertiary/aromatic N) is 1. The Kier molecular flexibility index (Phi) is 7.19. The van der Waals surface area contributed by atoms with Gasteiger partial charge in [-0.25, -0.2) is 9.36 Å². The molecule has 1 aromatic heterocycles. The summed E-state index contributed by atoms with van der Waals surface area (Å²) in [6.45, 7) is 6.24. The van der Waals surface area contributed by atoms with Crippen LogP contribution in [0, 0.1) is 0 Å². The van der Waals surface area contributed by atoms with Gasteiger partial charge >= 0.3 is 16.2 Å². The average molecular weight is 554 g/mol. The first-order chi connectivity index (χ1) is 18.4. The van der Waals surface area contributed by atoms with Gasteiger partial charge in [-0.2, -0.15) is 8.42 Å². The van der Waals surface area contributed by atoms with E-state index in [4.69, 9.17) is 8.92 Å². The van der Waals surface area contributed by atoms with Gasteiger partial charge < -0.3 is 19.6 Å². The normalized spacial score (nSPS) is 16.3. The molecular formula is C29H35N3O6S. The lowest BCUT2D eigenvalue weighted by molar-refractivity contribution is 0.0547. The molecule has 0 atom stereocenters. The van der Waals surface area contributed by atoms with Gasteiger partial charge in [-0.3, -0.25) is 4.79 Å². The molecule has 3 aromatic rings. The van der Waals surface area contributed by atoms with Gasteiger partial charge in [0.2, 0.25) is 0 Å². The van der Waals surface area contributed by atoms with Crippen LogP contribution in [0.2, 0.25) is 0 Å². The van der Waals surface area contributed by atoms with Crippen molar-refractivity contribution < 1.29 is 26.9 Å². The standard InChI is InChI=1S/C29H35N3O6S/c1-29(2,3)37-28(34)32-23-12-10-18(16-30-20-8-6-5-7-9-20)14-19(23)15-24(32)21-11-13-25(38-39(4,35)36)22-17-31-27(33)26(21)22/h10-15,20,30H,5-9,16-17H2,1-4H3,(H,31,33). The van der Waals surface area contributed by atoms with E-state index < -0.39 is 21.8 Å². The fraction of sp³-hybridized carbons (Fsp3) is 0.448. The molecule has 2 N–H and O–H groups in total. The molecule has 39 heavy (non-hydrogen) atoms. The summed E-state index contributed by atoms with van der Waals surface area (Å²) in [7, 11) is -3.80. The van der Waals surface area contributed by atoms with Gasteiger partial charge in [0, 0.05) is 35.6 Å². The third-order valence-electron chi connectivity index (χ3n) is 7.08. The van der Waals surface area contributed by atoms with Gasteiger partial charge in [0.15, 0.2) is 0 Å². The van der Waals surface area contributed by atoms with Gasteiger partial charge in [-0.1, -0.05) is 25.3 Å². The lowest BCUT2D eigenvalue weighted by Crippen LogP contribution is -2.30. The Bertz CT molecular complexity index is 1550. The number of fused-ring (bicyclic) bond motifs is 2. The van der Waals surface area contributed by atoms with Crippen LogP contribution in [0.4, 0.5) is 4.79 Å². The van der Waals surface area contributed by atoms with Crippen LogP contribution in [0.15, 0.2) is 36.4 Å². The monoisotopic (exact) mass is 553 g/mol. The first-order valence-corrected chi connectivity index (χ1v) is 15.2. The van der Waals surface area contributed by atoms with Crippen molar-refractivity contribution in [3.05, 3.63) is 53.1 Å². The minimum atomic E-state index is -3.80. The zero-order valence-corrected chi connectivity index (χ0v) is 23.6. The molecule has 1 amide bonds. The summed E-state index contributed by atoms with van der Waals surface area (Å²) in [5, 5.41) is 7.25. The van der Waals surface area contributed by atoms with Crippen LogP contribution in [0.5, 0.6) is 5.75 Å². The maximum Gasteiger partial charge on any atom is 0.419 e. The Balaban J connectivity index is 1.60. The van der Waals surface area contributed by atoms with Crippen molar-refractivity contribution >= 4 is 33.0 Å². The van der Waals surface area contributed by atoms with E-state index in [1.165, 1.54) is 42.7 Å².